The number of hydrogen-bond acceptors (Lipinski definition) is 3. The van der Waals surface area contributed by atoms with Crippen molar-refractivity contribution in [2.75, 3.05) is 10.0 Å². The number of carbonyl (C=O) groups is 1. The predicted molar refractivity (Wildman–Crippen MR) is 68.8 cm³/mol. The molecule has 1 aromatic rings. The Morgan fingerprint density at radius 3 is 2.25 bits per heavy atom. The zero-order chi connectivity index (χ0) is 18.2. The second kappa shape index (κ2) is 5.31. The molecule has 0 radical (unpaired) electrons. The first kappa shape index (κ1) is 12.0. The molecule has 0 bridgehead atoms. The highest BCUT2D eigenvalue weighted by Crippen LogP contribution is 2.30. The Bertz CT molecular complexity index is 731. The molecular formula is C11H13F3N2O3S. The Balaban J connectivity index is 3.23. The van der Waals surface area contributed by atoms with Gasteiger partial charge in [-0.3, -0.25) is 9.52 Å². The molecule has 0 heterocycles. The second-order valence-electron chi connectivity index (χ2n) is 3.99. The number of anilines is 2. The molecule has 1 rings (SSSR count). The van der Waals surface area contributed by atoms with Gasteiger partial charge in [-0.2, -0.15) is 21.6 Å². The van der Waals surface area contributed by atoms with Crippen LogP contribution in [0.4, 0.5) is 24.5 Å². The third-order valence-corrected chi connectivity index (χ3v) is 3.47. The summed E-state index contributed by atoms with van der Waals surface area (Å²) in [5.41, 5.74) is -5.52. The first-order valence-electron chi connectivity index (χ1n) is 6.67. The number of benzene rings is 1. The molecule has 0 aliphatic heterocycles. The Morgan fingerprint density at radius 1 is 1.20 bits per heavy atom. The highest BCUT2D eigenvalue weighted by atomic mass is 32.2. The number of rotatable bonds is 3. The molecule has 20 heavy (non-hydrogen) atoms. The number of sulfonamides is 1. The summed E-state index contributed by atoms with van der Waals surface area (Å²) in [5.74, 6) is -1.34. The minimum Gasteiger partial charge on any atom is -0.326 e. The summed E-state index contributed by atoms with van der Waals surface area (Å²) in [6, 6.07) is 2.24. The molecule has 0 aromatic heterocycles. The summed E-state index contributed by atoms with van der Waals surface area (Å²) in [4.78, 5) is 11.4. The normalized spacial score (nSPS) is 14.9. The summed E-state index contributed by atoms with van der Waals surface area (Å²) >= 11 is 0. The van der Waals surface area contributed by atoms with E-state index < -0.39 is 34.0 Å². The lowest BCUT2D eigenvalue weighted by Crippen LogP contribution is -2.30. The van der Waals surface area contributed by atoms with Gasteiger partial charge < -0.3 is 5.32 Å². The quantitative estimate of drug-likeness (QED) is 0.900. The fourth-order valence-electron chi connectivity index (χ4n) is 1.42. The Labute approximate surface area is 118 Å². The van der Waals surface area contributed by atoms with E-state index in [2.05, 4.69) is 0 Å². The van der Waals surface area contributed by atoms with E-state index in [-0.39, 0.29) is 11.3 Å². The van der Waals surface area contributed by atoms with Crippen molar-refractivity contribution in [1.29, 1.82) is 0 Å². The summed E-state index contributed by atoms with van der Waals surface area (Å²) in [7, 11) is -5.63. The maximum atomic E-state index is 12.4. The second-order valence-corrected chi connectivity index (χ2v) is 5.66. The van der Waals surface area contributed by atoms with Crippen LogP contribution >= 0.6 is 0 Å². The SMILES string of the molecule is [2H]C([2H])([2H])C(=O)Nc1cc(NS(=O)(=O)C(F)(F)F)c(C)cc1C. The number of aryl methyl sites for hydroxylation is 2. The number of amides is 1. The van der Waals surface area contributed by atoms with E-state index in [1.165, 1.54) is 24.6 Å². The number of nitrogens with one attached hydrogen (secondary N) is 2. The van der Waals surface area contributed by atoms with E-state index >= 15 is 0 Å². The highest BCUT2D eigenvalue weighted by Gasteiger charge is 2.46. The van der Waals surface area contributed by atoms with Crippen LogP contribution in [0.3, 0.4) is 0 Å². The van der Waals surface area contributed by atoms with Crippen molar-refractivity contribution < 1.29 is 30.5 Å². The molecule has 2 N–H and O–H groups in total. The number of alkyl halides is 3. The van der Waals surface area contributed by atoms with Crippen molar-refractivity contribution in [3.05, 3.63) is 23.3 Å². The third kappa shape index (κ3) is 3.62. The molecule has 0 saturated heterocycles. The average molecular weight is 313 g/mol. The molecular weight excluding hydrogens is 297 g/mol. The van der Waals surface area contributed by atoms with Gasteiger partial charge in [0.2, 0.25) is 5.91 Å². The van der Waals surface area contributed by atoms with Gasteiger partial charge in [0.25, 0.3) is 0 Å². The lowest BCUT2D eigenvalue weighted by Gasteiger charge is -2.15. The van der Waals surface area contributed by atoms with Crippen LogP contribution < -0.4 is 10.0 Å². The largest absolute Gasteiger partial charge is 0.516 e. The molecule has 1 aromatic carbocycles. The molecule has 0 atom stereocenters. The molecule has 0 spiro atoms. The highest BCUT2D eigenvalue weighted by molar-refractivity contribution is 7.93. The lowest BCUT2D eigenvalue weighted by atomic mass is 10.1. The van der Waals surface area contributed by atoms with Crippen molar-refractivity contribution in [2.45, 2.75) is 26.2 Å². The standard InChI is InChI=1S/C11H13F3N2O3S/c1-6-4-7(2)10(5-9(6)15-8(3)17)16-20(18,19)11(12,13)14/h4-5,16H,1-3H3,(H,15,17)/i3D3. The van der Waals surface area contributed by atoms with Gasteiger partial charge in [-0.15, -0.1) is 0 Å². The minimum atomic E-state index is -5.63. The lowest BCUT2D eigenvalue weighted by molar-refractivity contribution is -0.114. The van der Waals surface area contributed by atoms with Crippen LogP contribution in [0.1, 0.15) is 22.1 Å². The van der Waals surface area contributed by atoms with Crippen LogP contribution in [0, 0.1) is 13.8 Å². The minimum absolute atomic E-state index is 0.114. The molecule has 0 unspecified atom stereocenters. The Kier molecular flexibility index (Phi) is 3.19. The van der Waals surface area contributed by atoms with Crippen LogP contribution in [0.25, 0.3) is 0 Å². The van der Waals surface area contributed by atoms with Crippen molar-refractivity contribution in [3.8, 4) is 0 Å². The predicted octanol–water partition coefficient (Wildman–Crippen LogP) is 2.52. The van der Waals surface area contributed by atoms with Gasteiger partial charge in [-0.25, -0.2) is 0 Å². The zero-order valence-corrected chi connectivity index (χ0v) is 11.2. The molecule has 1 amide bonds. The summed E-state index contributed by atoms with van der Waals surface area (Å²) in [6.45, 7) is -0.121. The number of hydrogen-bond donors (Lipinski definition) is 2. The molecule has 0 fully saturated rings. The zero-order valence-electron chi connectivity index (χ0n) is 13.4. The molecule has 0 aliphatic carbocycles. The van der Waals surface area contributed by atoms with E-state index in [4.69, 9.17) is 4.11 Å². The van der Waals surface area contributed by atoms with Crippen LogP contribution in [0.2, 0.25) is 0 Å². The fourth-order valence-corrected chi connectivity index (χ4v) is 2.05. The Hall–Kier alpha value is -1.77. The average Bonchev–Trinajstić information content (AvgIpc) is 2.32. The monoisotopic (exact) mass is 313 g/mol. The van der Waals surface area contributed by atoms with Gasteiger partial charge in [-0.05, 0) is 31.0 Å². The van der Waals surface area contributed by atoms with Gasteiger partial charge in [0.05, 0.1) is 5.69 Å². The smallest absolute Gasteiger partial charge is 0.326 e. The summed E-state index contributed by atoms with van der Waals surface area (Å²) in [6.07, 6.45) is 0. The molecule has 112 valence electrons. The van der Waals surface area contributed by atoms with Crippen molar-refractivity contribution in [2.24, 2.45) is 0 Å². The van der Waals surface area contributed by atoms with Gasteiger partial charge in [0.1, 0.15) is 0 Å². The van der Waals surface area contributed by atoms with Crippen LogP contribution in [0.5, 0.6) is 0 Å². The van der Waals surface area contributed by atoms with Crippen LogP contribution in [0.15, 0.2) is 12.1 Å². The van der Waals surface area contributed by atoms with E-state index in [9.17, 15) is 26.4 Å². The van der Waals surface area contributed by atoms with Crippen molar-refractivity contribution in [3.63, 3.8) is 0 Å². The van der Waals surface area contributed by atoms with E-state index in [1.54, 1.807) is 0 Å². The van der Waals surface area contributed by atoms with Crippen molar-refractivity contribution >= 4 is 27.3 Å². The van der Waals surface area contributed by atoms with E-state index in [0.29, 0.717) is 5.56 Å². The van der Waals surface area contributed by atoms with E-state index in [1.807, 2.05) is 5.32 Å². The molecule has 0 aliphatic rings. The first-order chi connectivity index (χ1) is 10.1. The maximum Gasteiger partial charge on any atom is 0.516 e. The van der Waals surface area contributed by atoms with Crippen LogP contribution in [-0.2, 0) is 14.8 Å². The number of halogens is 3. The number of carbonyl (C=O) groups excluding carboxylic acids is 1. The third-order valence-electron chi connectivity index (χ3n) is 2.37. The van der Waals surface area contributed by atoms with E-state index in [0.717, 1.165) is 6.07 Å². The van der Waals surface area contributed by atoms with Gasteiger partial charge in [0.15, 0.2) is 0 Å². The maximum absolute atomic E-state index is 12.4. The molecule has 0 saturated carbocycles. The first-order valence-corrected chi connectivity index (χ1v) is 6.65. The molecule has 5 nitrogen and oxygen atoms in total. The van der Waals surface area contributed by atoms with Gasteiger partial charge in [-0.1, -0.05) is 6.07 Å². The van der Waals surface area contributed by atoms with Gasteiger partial charge in [0, 0.05) is 16.7 Å². The topological polar surface area (TPSA) is 75.3 Å². The van der Waals surface area contributed by atoms with Gasteiger partial charge >= 0.3 is 15.5 Å². The Morgan fingerprint density at radius 2 is 1.75 bits per heavy atom. The summed E-state index contributed by atoms with van der Waals surface area (Å²) in [5, 5.41) is 2.02. The molecule has 9 heteroatoms. The summed E-state index contributed by atoms with van der Waals surface area (Å²) < 4.78 is 81.7. The van der Waals surface area contributed by atoms with Crippen LogP contribution in [-0.4, -0.2) is 19.8 Å². The fraction of sp³-hybridized carbons (Fsp3) is 0.364. The van der Waals surface area contributed by atoms with Crippen molar-refractivity contribution in [1.82, 2.24) is 0 Å².